The zero-order chi connectivity index (χ0) is 16.8. The second-order valence-electron chi connectivity index (χ2n) is 6.61. The summed E-state index contributed by atoms with van der Waals surface area (Å²) in [4.78, 5) is 25.1. The van der Waals surface area contributed by atoms with E-state index in [4.69, 9.17) is 4.74 Å². The molecule has 0 bridgehead atoms. The lowest BCUT2D eigenvalue weighted by atomic mass is 9.85. The van der Waals surface area contributed by atoms with E-state index in [0.717, 1.165) is 18.4 Å². The number of amides is 1. The first-order valence-electron chi connectivity index (χ1n) is 8.17. The number of carbonyl (C=O) groups is 2. The predicted octanol–water partition coefficient (Wildman–Crippen LogP) is 3.53. The topological polar surface area (TPSA) is 66.8 Å². The van der Waals surface area contributed by atoms with Gasteiger partial charge in [0.2, 0.25) is 0 Å². The van der Waals surface area contributed by atoms with E-state index in [9.17, 15) is 14.7 Å². The van der Waals surface area contributed by atoms with Crippen molar-refractivity contribution in [1.82, 2.24) is 4.90 Å². The highest BCUT2D eigenvalue weighted by Crippen LogP contribution is 2.29. The van der Waals surface area contributed by atoms with Gasteiger partial charge in [-0.05, 0) is 36.7 Å². The van der Waals surface area contributed by atoms with Gasteiger partial charge in [0.25, 0.3) is 0 Å². The lowest BCUT2D eigenvalue weighted by molar-refractivity contribution is -0.144. The maximum atomic E-state index is 12.3. The van der Waals surface area contributed by atoms with Gasteiger partial charge in [-0.3, -0.25) is 4.90 Å². The van der Waals surface area contributed by atoms with Crippen LogP contribution in [-0.2, 0) is 16.1 Å². The van der Waals surface area contributed by atoms with Crippen LogP contribution in [0.15, 0.2) is 30.3 Å². The summed E-state index contributed by atoms with van der Waals surface area (Å²) in [6, 6.07) is 8.61. The zero-order valence-corrected chi connectivity index (χ0v) is 13.8. The fourth-order valence-electron chi connectivity index (χ4n) is 3.17. The summed E-state index contributed by atoms with van der Waals surface area (Å²) < 4.78 is 5.29. The van der Waals surface area contributed by atoms with Gasteiger partial charge in [-0.1, -0.05) is 44.2 Å². The van der Waals surface area contributed by atoms with Gasteiger partial charge in [0.1, 0.15) is 12.6 Å². The molecule has 1 fully saturated rings. The van der Waals surface area contributed by atoms with Crippen LogP contribution in [0.2, 0.25) is 0 Å². The highest BCUT2D eigenvalue weighted by Gasteiger charge is 2.37. The van der Waals surface area contributed by atoms with Crippen molar-refractivity contribution in [3.8, 4) is 0 Å². The van der Waals surface area contributed by atoms with Crippen molar-refractivity contribution in [3.63, 3.8) is 0 Å². The van der Waals surface area contributed by atoms with Crippen LogP contribution in [-0.4, -0.2) is 34.7 Å². The lowest BCUT2D eigenvalue weighted by Gasteiger charge is -2.37. The van der Waals surface area contributed by atoms with E-state index in [2.05, 4.69) is 13.8 Å². The summed E-state index contributed by atoms with van der Waals surface area (Å²) in [7, 11) is 0. The van der Waals surface area contributed by atoms with E-state index >= 15 is 0 Å². The fourth-order valence-corrected chi connectivity index (χ4v) is 3.17. The molecule has 1 saturated heterocycles. The standard InChI is InChI=1S/C18H25NO4/c1-13(2)10-15-8-9-19(16(11-15)17(20)21)18(22)23-12-14-6-4-3-5-7-14/h3-7,13,15-16H,8-12H2,1-2H3,(H,20,21). The molecule has 2 atom stereocenters. The lowest BCUT2D eigenvalue weighted by Crippen LogP contribution is -2.50. The smallest absolute Gasteiger partial charge is 0.410 e. The summed E-state index contributed by atoms with van der Waals surface area (Å²) in [6.45, 7) is 4.88. The van der Waals surface area contributed by atoms with Gasteiger partial charge in [0.15, 0.2) is 0 Å². The maximum Gasteiger partial charge on any atom is 0.410 e. The molecule has 0 saturated carbocycles. The minimum atomic E-state index is -0.949. The molecule has 0 radical (unpaired) electrons. The first kappa shape index (κ1) is 17.3. The molecule has 1 amide bonds. The molecular formula is C18H25NO4. The van der Waals surface area contributed by atoms with E-state index in [1.165, 1.54) is 4.90 Å². The van der Waals surface area contributed by atoms with Crippen molar-refractivity contribution >= 4 is 12.1 Å². The van der Waals surface area contributed by atoms with Crippen LogP contribution in [0, 0.1) is 11.8 Å². The fraction of sp³-hybridized carbons (Fsp3) is 0.556. The Morgan fingerprint density at radius 1 is 1.30 bits per heavy atom. The zero-order valence-electron chi connectivity index (χ0n) is 13.8. The van der Waals surface area contributed by atoms with Crippen LogP contribution in [0.25, 0.3) is 0 Å². The highest BCUT2D eigenvalue weighted by atomic mass is 16.6. The van der Waals surface area contributed by atoms with Crippen molar-refractivity contribution in [2.75, 3.05) is 6.54 Å². The maximum absolute atomic E-state index is 12.3. The number of carbonyl (C=O) groups excluding carboxylic acids is 1. The molecule has 2 rings (SSSR count). The first-order chi connectivity index (χ1) is 11.0. The van der Waals surface area contributed by atoms with Crippen LogP contribution in [0.5, 0.6) is 0 Å². The molecule has 0 aromatic heterocycles. The number of nitrogens with zero attached hydrogens (tertiary/aromatic N) is 1. The molecule has 5 heteroatoms. The molecule has 23 heavy (non-hydrogen) atoms. The molecule has 1 heterocycles. The Morgan fingerprint density at radius 3 is 2.61 bits per heavy atom. The third kappa shape index (κ3) is 4.98. The molecule has 1 aromatic rings. The van der Waals surface area contributed by atoms with E-state index in [0.29, 0.717) is 24.8 Å². The van der Waals surface area contributed by atoms with Crippen molar-refractivity contribution in [1.29, 1.82) is 0 Å². The Labute approximate surface area is 137 Å². The van der Waals surface area contributed by atoms with Gasteiger partial charge in [0.05, 0.1) is 0 Å². The van der Waals surface area contributed by atoms with E-state index in [1.54, 1.807) is 0 Å². The summed E-state index contributed by atoms with van der Waals surface area (Å²) >= 11 is 0. The minimum absolute atomic E-state index is 0.165. The third-order valence-corrected chi connectivity index (χ3v) is 4.24. The SMILES string of the molecule is CC(C)CC1CCN(C(=O)OCc2ccccc2)C(C(=O)O)C1. The Hall–Kier alpha value is -2.04. The molecule has 0 spiro atoms. The Kier molecular flexibility index (Phi) is 6.02. The van der Waals surface area contributed by atoms with Gasteiger partial charge < -0.3 is 9.84 Å². The summed E-state index contributed by atoms with van der Waals surface area (Å²) in [6.07, 6.45) is 1.80. The van der Waals surface area contributed by atoms with Gasteiger partial charge in [0, 0.05) is 6.54 Å². The van der Waals surface area contributed by atoms with Gasteiger partial charge in [-0.2, -0.15) is 0 Å². The van der Waals surface area contributed by atoms with Crippen molar-refractivity contribution in [2.24, 2.45) is 11.8 Å². The second-order valence-corrected chi connectivity index (χ2v) is 6.61. The molecule has 5 nitrogen and oxygen atoms in total. The van der Waals surface area contributed by atoms with E-state index in [1.807, 2.05) is 30.3 Å². The number of aliphatic carboxylic acids is 1. The number of hydrogen-bond donors (Lipinski definition) is 1. The minimum Gasteiger partial charge on any atom is -0.480 e. The van der Waals surface area contributed by atoms with Gasteiger partial charge >= 0.3 is 12.1 Å². The van der Waals surface area contributed by atoms with Crippen LogP contribution in [0.1, 0.15) is 38.7 Å². The van der Waals surface area contributed by atoms with Crippen LogP contribution >= 0.6 is 0 Å². The second kappa shape index (κ2) is 7.99. The average molecular weight is 319 g/mol. The summed E-state index contributed by atoms with van der Waals surface area (Å²) in [5.41, 5.74) is 0.891. The number of benzene rings is 1. The summed E-state index contributed by atoms with van der Waals surface area (Å²) in [5.74, 6) is -0.0598. The van der Waals surface area contributed by atoms with Crippen LogP contribution < -0.4 is 0 Å². The number of hydrogen-bond acceptors (Lipinski definition) is 3. The van der Waals surface area contributed by atoms with Crippen molar-refractivity contribution in [2.45, 2.75) is 45.8 Å². The predicted molar refractivity (Wildman–Crippen MR) is 86.9 cm³/mol. The van der Waals surface area contributed by atoms with Crippen molar-refractivity contribution in [3.05, 3.63) is 35.9 Å². The molecule has 0 aliphatic carbocycles. The quantitative estimate of drug-likeness (QED) is 0.901. The Balaban J connectivity index is 1.94. The van der Waals surface area contributed by atoms with Crippen LogP contribution in [0.3, 0.4) is 0 Å². The van der Waals surface area contributed by atoms with E-state index < -0.39 is 18.1 Å². The first-order valence-corrected chi connectivity index (χ1v) is 8.17. The van der Waals surface area contributed by atoms with Gasteiger partial charge in [-0.15, -0.1) is 0 Å². The van der Waals surface area contributed by atoms with Crippen LogP contribution in [0.4, 0.5) is 4.79 Å². The molecule has 2 unspecified atom stereocenters. The number of carboxylic acid groups (broad SMARTS) is 1. The largest absolute Gasteiger partial charge is 0.480 e. The average Bonchev–Trinajstić information content (AvgIpc) is 2.53. The number of rotatable bonds is 5. The molecule has 1 aliphatic rings. The molecule has 1 aliphatic heterocycles. The number of ether oxygens (including phenoxy) is 1. The Morgan fingerprint density at radius 2 is 2.00 bits per heavy atom. The van der Waals surface area contributed by atoms with Crippen molar-refractivity contribution < 1.29 is 19.4 Å². The molecule has 126 valence electrons. The molecular weight excluding hydrogens is 294 g/mol. The van der Waals surface area contributed by atoms with E-state index in [-0.39, 0.29) is 6.61 Å². The summed E-state index contributed by atoms with van der Waals surface area (Å²) in [5, 5.41) is 9.45. The monoisotopic (exact) mass is 319 g/mol. The number of carboxylic acids is 1. The number of likely N-dealkylation sites (tertiary alicyclic amines) is 1. The normalized spacial score (nSPS) is 21.3. The Bertz CT molecular complexity index is 529. The number of piperidine rings is 1. The van der Waals surface area contributed by atoms with Gasteiger partial charge in [-0.25, -0.2) is 9.59 Å². The molecule has 1 aromatic carbocycles. The third-order valence-electron chi connectivity index (χ3n) is 4.24. The molecule has 1 N–H and O–H groups in total. The highest BCUT2D eigenvalue weighted by molar-refractivity contribution is 5.80.